The molecule has 0 amide bonds. The largest absolute Gasteiger partial charge is 0.465 e. The summed E-state index contributed by atoms with van der Waals surface area (Å²) in [7, 11) is 0. The van der Waals surface area contributed by atoms with Crippen LogP contribution in [0.4, 0.5) is 5.82 Å². The minimum absolute atomic E-state index is 0.134. The molecule has 0 atom stereocenters. The van der Waals surface area contributed by atoms with Crippen molar-refractivity contribution in [2.45, 2.75) is 26.8 Å². The van der Waals surface area contributed by atoms with E-state index < -0.39 is 0 Å². The molecule has 0 unspecified atom stereocenters. The van der Waals surface area contributed by atoms with Crippen molar-refractivity contribution in [1.82, 2.24) is 9.97 Å². The summed E-state index contributed by atoms with van der Waals surface area (Å²) in [5, 5.41) is 0. The zero-order valence-electron chi connectivity index (χ0n) is 12.0. The van der Waals surface area contributed by atoms with Crippen LogP contribution in [0.1, 0.15) is 20.8 Å². The van der Waals surface area contributed by atoms with E-state index in [1.54, 1.807) is 13.1 Å². The first-order chi connectivity index (χ1) is 9.61. The van der Waals surface area contributed by atoms with Crippen LogP contribution < -0.4 is 4.90 Å². The summed E-state index contributed by atoms with van der Waals surface area (Å²) in [6.07, 6.45) is 1.70. The quantitative estimate of drug-likeness (QED) is 0.783. The van der Waals surface area contributed by atoms with Gasteiger partial charge in [0.2, 0.25) is 0 Å². The molecule has 0 spiro atoms. The number of esters is 1. The van der Waals surface area contributed by atoms with Crippen molar-refractivity contribution in [2.75, 3.05) is 18.1 Å². The zero-order chi connectivity index (χ0) is 14.5. The lowest BCUT2D eigenvalue weighted by molar-refractivity contribution is -0.141. The van der Waals surface area contributed by atoms with Gasteiger partial charge in [0.15, 0.2) is 0 Å². The van der Waals surface area contributed by atoms with Gasteiger partial charge in [0.25, 0.3) is 0 Å². The van der Waals surface area contributed by atoms with Gasteiger partial charge in [0.05, 0.1) is 23.8 Å². The maximum atomic E-state index is 11.7. The molecule has 1 aromatic heterocycles. The number of carbonyl (C=O) groups excluding carboxylic acids is 1. The van der Waals surface area contributed by atoms with E-state index in [2.05, 4.69) is 9.97 Å². The van der Waals surface area contributed by atoms with Crippen LogP contribution >= 0.6 is 0 Å². The van der Waals surface area contributed by atoms with Crippen LogP contribution in [-0.2, 0) is 9.53 Å². The number of carbonyl (C=O) groups is 1. The Hall–Kier alpha value is -2.17. The van der Waals surface area contributed by atoms with Gasteiger partial charge in [-0.2, -0.15) is 0 Å². The standard InChI is InChI=1S/C15H19N3O2/c1-4-20-15(19)10-18(11(2)3)14-9-16-12-7-5-6-8-13(12)17-14/h5-9,11H,4,10H2,1-3H3. The van der Waals surface area contributed by atoms with E-state index in [1.165, 1.54) is 0 Å². The highest BCUT2D eigenvalue weighted by Crippen LogP contribution is 2.17. The van der Waals surface area contributed by atoms with Crippen LogP contribution in [0.5, 0.6) is 0 Å². The third-order valence-corrected chi connectivity index (χ3v) is 2.96. The molecule has 0 bridgehead atoms. The van der Waals surface area contributed by atoms with Gasteiger partial charge >= 0.3 is 5.97 Å². The number of aromatic nitrogens is 2. The Morgan fingerprint density at radius 1 is 1.30 bits per heavy atom. The number of anilines is 1. The van der Waals surface area contributed by atoms with Gasteiger partial charge in [0.1, 0.15) is 12.4 Å². The van der Waals surface area contributed by atoms with Crippen molar-refractivity contribution in [1.29, 1.82) is 0 Å². The molecule has 0 saturated heterocycles. The molecule has 2 rings (SSSR count). The summed E-state index contributed by atoms with van der Waals surface area (Å²) >= 11 is 0. The first-order valence-corrected chi connectivity index (χ1v) is 6.76. The molecule has 2 aromatic rings. The lowest BCUT2D eigenvalue weighted by Crippen LogP contribution is -2.37. The van der Waals surface area contributed by atoms with Gasteiger partial charge in [-0.1, -0.05) is 12.1 Å². The predicted octanol–water partition coefficient (Wildman–Crippen LogP) is 2.41. The number of hydrogen-bond donors (Lipinski definition) is 0. The number of hydrogen-bond acceptors (Lipinski definition) is 5. The Balaban J connectivity index is 2.29. The van der Waals surface area contributed by atoms with Crippen LogP contribution in [0.25, 0.3) is 11.0 Å². The van der Waals surface area contributed by atoms with E-state index in [-0.39, 0.29) is 18.6 Å². The molecule has 0 aliphatic carbocycles. The summed E-state index contributed by atoms with van der Waals surface area (Å²) in [6, 6.07) is 7.81. The summed E-state index contributed by atoms with van der Waals surface area (Å²) in [5.74, 6) is 0.433. The van der Waals surface area contributed by atoms with Crippen molar-refractivity contribution < 1.29 is 9.53 Å². The van der Waals surface area contributed by atoms with Crippen LogP contribution in [0.15, 0.2) is 30.5 Å². The van der Waals surface area contributed by atoms with Gasteiger partial charge in [-0.3, -0.25) is 9.78 Å². The Bertz CT molecular complexity index is 598. The van der Waals surface area contributed by atoms with Crippen molar-refractivity contribution in [3.63, 3.8) is 0 Å². The van der Waals surface area contributed by atoms with Gasteiger partial charge < -0.3 is 9.64 Å². The Kier molecular flexibility index (Phi) is 4.50. The van der Waals surface area contributed by atoms with Crippen molar-refractivity contribution in [2.24, 2.45) is 0 Å². The second-order valence-corrected chi connectivity index (χ2v) is 4.74. The highest BCUT2D eigenvalue weighted by atomic mass is 16.5. The Labute approximate surface area is 118 Å². The molecule has 0 radical (unpaired) electrons. The molecular formula is C15H19N3O2. The van der Waals surface area contributed by atoms with Gasteiger partial charge in [-0.25, -0.2) is 4.98 Å². The van der Waals surface area contributed by atoms with Crippen LogP contribution in [0.2, 0.25) is 0 Å². The second kappa shape index (κ2) is 6.32. The van der Waals surface area contributed by atoms with Gasteiger partial charge in [-0.05, 0) is 32.9 Å². The topological polar surface area (TPSA) is 55.3 Å². The molecule has 5 nitrogen and oxygen atoms in total. The molecule has 1 heterocycles. The van der Waals surface area contributed by atoms with Gasteiger partial charge in [-0.15, -0.1) is 0 Å². The average Bonchev–Trinajstić information content (AvgIpc) is 2.44. The highest BCUT2D eigenvalue weighted by Gasteiger charge is 2.17. The minimum atomic E-state index is -0.254. The lowest BCUT2D eigenvalue weighted by Gasteiger charge is -2.26. The van der Waals surface area contributed by atoms with Crippen LogP contribution in [0, 0.1) is 0 Å². The monoisotopic (exact) mass is 273 g/mol. The second-order valence-electron chi connectivity index (χ2n) is 4.74. The molecule has 0 saturated carbocycles. The van der Waals surface area contributed by atoms with Crippen molar-refractivity contribution in [3.8, 4) is 0 Å². The van der Waals surface area contributed by atoms with E-state index >= 15 is 0 Å². The molecule has 106 valence electrons. The van der Waals surface area contributed by atoms with Gasteiger partial charge in [0, 0.05) is 6.04 Å². The van der Waals surface area contributed by atoms with E-state index in [1.807, 2.05) is 43.0 Å². The molecule has 0 aliphatic heterocycles. The highest BCUT2D eigenvalue weighted by molar-refractivity contribution is 5.78. The third kappa shape index (κ3) is 3.23. The van der Waals surface area contributed by atoms with E-state index in [0.29, 0.717) is 12.4 Å². The first-order valence-electron chi connectivity index (χ1n) is 6.76. The van der Waals surface area contributed by atoms with Crippen molar-refractivity contribution in [3.05, 3.63) is 30.5 Å². The van der Waals surface area contributed by atoms with Crippen LogP contribution in [0.3, 0.4) is 0 Å². The fraction of sp³-hybridized carbons (Fsp3) is 0.400. The number of nitrogens with zero attached hydrogens (tertiary/aromatic N) is 3. The first kappa shape index (κ1) is 14.2. The third-order valence-electron chi connectivity index (χ3n) is 2.96. The maximum Gasteiger partial charge on any atom is 0.325 e. The number of para-hydroxylation sites is 2. The average molecular weight is 273 g/mol. The summed E-state index contributed by atoms with van der Waals surface area (Å²) in [4.78, 5) is 22.5. The SMILES string of the molecule is CCOC(=O)CN(c1cnc2ccccc2n1)C(C)C. The fourth-order valence-electron chi connectivity index (χ4n) is 1.96. The molecule has 0 N–H and O–H groups in total. The number of fused-ring (bicyclic) bond motifs is 1. The fourth-order valence-corrected chi connectivity index (χ4v) is 1.96. The zero-order valence-corrected chi connectivity index (χ0v) is 12.0. The number of ether oxygens (including phenoxy) is 1. The Morgan fingerprint density at radius 3 is 2.65 bits per heavy atom. The summed E-state index contributed by atoms with van der Waals surface area (Å²) in [5.41, 5.74) is 1.66. The summed E-state index contributed by atoms with van der Waals surface area (Å²) < 4.78 is 5.00. The molecule has 0 fully saturated rings. The van der Waals surface area contributed by atoms with E-state index in [9.17, 15) is 4.79 Å². The molecular weight excluding hydrogens is 254 g/mol. The van der Waals surface area contributed by atoms with E-state index in [4.69, 9.17) is 4.74 Å². The molecule has 1 aromatic carbocycles. The lowest BCUT2D eigenvalue weighted by atomic mass is 10.3. The molecule has 0 aliphatic rings. The Morgan fingerprint density at radius 2 is 2.00 bits per heavy atom. The predicted molar refractivity (Wildman–Crippen MR) is 78.7 cm³/mol. The number of rotatable bonds is 5. The smallest absolute Gasteiger partial charge is 0.325 e. The van der Waals surface area contributed by atoms with Crippen molar-refractivity contribution >= 4 is 22.8 Å². The molecule has 20 heavy (non-hydrogen) atoms. The molecule has 5 heteroatoms. The van der Waals surface area contributed by atoms with Crippen LogP contribution in [-0.4, -0.2) is 35.1 Å². The van der Waals surface area contributed by atoms with E-state index in [0.717, 1.165) is 11.0 Å². The minimum Gasteiger partial charge on any atom is -0.465 e. The summed E-state index contributed by atoms with van der Waals surface area (Å²) in [6.45, 7) is 6.38. The maximum absolute atomic E-state index is 11.7. The normalized spacial score (nSPS) is 10.8. The number of benzene rings is 1.